The highest BCUT2D eigenvalue weighted by molar-refractivity contribution is 7.14. The molecule has 0 radical (unpaired) electrons. The largest absolute Gasteiger partial charge is 0.269 e. The topological polar surface area (TPSA) is 71.6 Å². The molecule has 35 heavy (non-hydrogen) atoms. The van der Waals surface area contributed by atoms with Crippen LogP contribution in [0.2, 0.25) is 0 Å². The van der Waals surface area contributed by atoms with E-state index in [4.69, 9.17) is 10.1 Å². The Bertz CT molecular complexity index is 1410. The van der Waals surface area contributed by atoms with Gasteiger partial charge in [0, 0.05) is 29.5 Å². The fourth-order valence-corrected chi connectivity index (χ4v) is 5.80. The van der Waals surface area contributed by atoms with Crippen molar-refractivity contribution in [1.29, 1.82) is 0 Å². The summed E-state index contributed by atoms with van der Waals surface area (Å²) in [5, 5.41) is 20.9. The van der Waals surface area contributed by atoms with Crippen LogP contribution >= 0.6 is 11.3 Å². The van der Waals surface area contributed by atoms with Gasteiger partial charge in [-0.25, -0.2) is 9.99 Å². The fraction of sp³-hybridized carbons (Fsp3) is 0.214. The molecule has 1 atom stereocenters. The Hall–Kier alpha value is -3.84. The number of non-ortho nitro benzene ring substituents is 1. The number of nitro groups is 1. The summed E-state index contributed by atoms with van der Waals surface area (Å²) in [6, 6.07) is 23.9. The summed E-state index contributed by atoms with van der Waals surface area (Å²) in [6.07, 6.45) is 5.67. The molecule has 1 aliphatic heterocycles. The van der Waals surface area contributed by atoms with Crippen LogP contribution < -0.4 is 5.01 Å². The van der Waals surface area contributed by atoms with Gasteiger partial charge in [-0.2, -0.15) is 5.10 Å². The summed E-state index contributed by atoms with van der Waals surface area (Å²) in [6.45, 7) is 0. The maximum absolute atomic E-state index is 11.0. The Balaban J connectivity index is 1.35. The Morgan fingerprint density at radius 2 is 1.66 bits per heavy atom. The maximum atomic E-state index is 11.0. The first-order valence-electron chi connectivity index (χ1n) is 11.9. The van der Waals surface area contributed by atoms with Crippen LogP contribution in [0, 0.1) is 10.1 Å². The highest BCUT2D eigenvalue weighted by Gasteiger charge is 2.32. The molecule has 6 rings (SSSR count). The predicted octanol–water partition coefficient (Wildman–Crippen LogP) is 6.95. The fourth-order valence-electron chi connectivity index (χ4n) is 4.97. The van der Waals surface area contributed by atoms with Gasteiger partial charge >= 0.3 is 0 Å². The molecule has 7 heteroatoms. The Morgan fingerprint density at radius 1 is 0.914 bits per heavy atom. The minimum absolute atomic E-state index is 0.0677. The van der Waals surface area contributed by atoms with E-state index in [0.717, 1.165) is 34.9 Å². The second-order valence-electron chi connectivity index (χ2n) is 9.03. The lowest BCUT2D eigenvalue weighted by Gasteiger charge is -2.21. The van der Waals surface area contributed by atoms with Gasteiger partial charge in [0.2, 0.25) is 5.13 Å². The van der Waals surface area contributed by atoms with Gasteiger partial charge in [0.25, 0.3) is 5.69 Å². The molecule has 1 aromatic heterocycles. The summed E-state index contributed by atoms with van der Waals surface area (Å²) >= 11 is 1.54. The third-order valence-electron chi connectivity index (χ3n) is 6.84. The zero-order chi connectivity index (χ0) is 23.8. The highest BCUT2D eigenvalue weighted by Crippen LogP contribution is 2.40. The van der Waals surface area contributed by atoms with E-state index >= 15 is 0 Å². The van der Waals surface area contributed by atoms with Crippen molar-refractivity contribution < 1.29 is 4.92 Å². The van der Waals surface area contributed by atoms with Gasteiger partial charge in [-0.05, 0) is 66.1 Å². The van der Waals surface area contributed by atoms with Crippen LogP contribution in [-0.4, -0.2) is 15.6 Å². The molecule has 0 amide bonds. The van der Waals surface area contributed by atoms with Gasteiger partial charge < -0.3 is 0 Å². The summed E-state index contributed by atoms with van der Waals surface area (Å²) in [7, 11) is 0. The maximum Gasteiger partial charge on any atom is 0.269 e. The highest BCUT2D eigenvalue weighted by atomic mass is 32.1. The van der Waals surface area contributed by atoms with Crippen LogP contribution in [0.1, 0.15) is 47.6 Å². The van der Waals surface area contributed by atoms with E-state index in [1.165, 1.54) is 53.6 Å². The summed E-state index contributed by atoms with van der Waals surface area (Å²) in [4.78, 5) is 15.5. The van der Waals surface area contributed by atoms with Crippen molar-refractivity contribution in [1.82, 2.24) is 4.98 Å². The molecule has 6 nitrogen and oxygen atoms in total. The van der Waals surface area contributed by atoms with E-state index in [1.54, 1.807) is 23.5 Å². The first-order chi connectivity index (χ1) is 17.2. The molecular weight excluding hydrogens is 456 g/mol. The standard InChI is InChI=1S/C28H24N4O2S/c33-32(34)24-14-12-20(13-15-24)26-18-35-28(29-26)31-27(21-7-2-1-3-8-21)17-25(30-31)23-11-10-19-6-4-5-9-22(19)16-23/h1-3,7-8,10-16,18,27H,4-6,9,17H2. The van der Waals surface area contributed by atoms with E-state index in [2.05, 4.69) is 42.5 Å². The van der Waals surface area contributed by atoms with Gasteiger partial charge in [0.15, 0.2) is 0 Å². The average Bonchev–Trinajstić information content (AvgIpc) is 3.57. The van der Waals surface area contributed by atoms with Crippen molar-refractivity contribution in [3.63, 3.8) is 0 Å². The molecule has 3 aromatic carbocycles. The molecule has 0 saturated heterocycles. The molecule has 0 fully saturated rings. The number of aryl methyl sites for hydroxylation is 2. The van der Waals surface area contributed by atoms with Crippen molar-refractivity contribution >= 4 is 27.9 Å². The Morgan fingerprint density at radius 3 is 2.43 bits per heavy atom. The Labute approximate surface area is 207 Å². The normalized spacial score (nSPS) is 17.2. The summed E-state index contributed by atoms with van der Waals surface area (Å²) in [5.41, 5.74) is 8.14. The van der Waals surface area contributed by atoms with Gasteiger partial charge in [-0.3, -0.25) is 10.1 Å². The molecule has 2 aliphatic rings. The minimum atomic E-state index is -0.387. The number of aromatic nitrogens is 1. The lowest BCUT2D eigenvalue weighted by atomic mass is 9.89. The van der Waals surface area contributed by atoms with Crippen molar-refractivity contribution in [3.8, 4) is 11.3 Å². The molecule has 2 heterocycles. The third-order valence-corrected chi connectivity index (χ3v) is 7.67. The zero-order valence-electron chi connectivity index (χ0n) is 19.1. The van der Waals surface area contributed by atoms with E-state index in [0.29, 0.717) is 0 Å². The molecule has 1 aliphatic carbocycles. The lowest BCUT2D eigenvalue weighted by Crippen LogP contribution is -2.18. The zero-order valence-corrected chi connectivity index (χ0v) is 19.9. The first kappa shape index (κ1) is 21.7. The van der Waals surface area contributed by atoms with E-state index in [9.17, 15) is 10.1 Å². The van der Waals surface area contributed by atoms with Gasteiger partial charge in [0.05, 0.1) is 22.4 Å². The number of nitrogens with zero attached hydrogens (tertiary/aromatic N) is 4. The number of rotatable bonds is 5. The number of fused-ring (bicyclic) bond motifs is 1. The molecule has 0 N–H and O–H groups in total. The number of thiazole rings is 1. The van der Waals surface area contributed by atoms with Gasteiger partial charge in [0.1, 0.15) is 0 Å². The molecule has 0 bridgehead atoms. The molecule has 174 valence electrons. The smallest absolute Gasteiger partial charge is 0.258 e. The summed E-state index contributed by atoms with van der Waals surface area (Å²) < 4.78 is 0. The number of nitro benzene ring substituents is 1. The molecule has 0 saturated carbocycles. The number of anilines is 1. The minimum Gasteiger partial charge on any atom is -0.258 e. The SMILES string of the molecule is O=[N+]([O-])c1ccc(-c2csc(N3N=C(c4ccc5c(c4)CCCC5)CC3c3ccccc3)n2)cc1. The monoisotopic (exact) mass is 480 g/mol. The van der Waals surface area contributed by atoms with E-state index < -0.39 is 0 Å². The van der Waals surface area contributed by atoms with Crippen molar-refractivity contribution in [2.24, 2.45) is 5.10 Å². The Kier molecular flexibility index (Phi) is 5.62. The quantitative estimate of drug-likeness (QED) is 0.229. The molecule has 1 unspecified atom stereocenters. The summed E-state index contributed by atoms with van der Waals surface area (Å²) in [5.74, 6) is 0. The number of benzene rings is 3. The van der Waals surface area contributed by atoms with Crippen LogP contribution in [0.3, 0.4) is 0 Å². The number of hydrogen-bond donors (Lipinski definition) is 0. The number of hydrogen-bond acceptors (Lipinski definition) is 6. The van der Waals surface area contributed by atoms with Crippen LogP contribution in [0.15, 0.2) is 83.3 Å². The lowest BCUT2D eigenvalue weighted by molar-refractivity contribution is -0.384. The molecular formula is C28H24N4O2S. The van der Waals surface area contributed by atoms with Crippen LogP contribution in [0.5, 0.6) is 0 Å². The predicted molar refractivity (Wildman–Crippen MR) is 140 cm³/mol. The first-order valence-corrected chi connectivity index (χ1v) is 12.8. The number of hydrazone groups is 1. The third kappa shape index (κ3) is 4.23. The second-order valence-corrected chi connectivity index (χ2v) is 9.87. The van der Waals surface area contributed by atoms with Crippen molar-refractivity contribution in [2.45, 2.75) is 38.1 Å². The van der Waals surface area contributed by atoms with Gasteiger partial charge in [-0.1, -0.05) is 42.5 Å². The van der Waals surface area contributed by atoms with Crippen molar-refractivity contribution in [2.75, 3.05) is 5.01 Å². The van der Waals surface area contributed by atoms with Crippen LogP contribution in [0.25, 0.3) is 11.3 Å². The van der Waals surface area contributed by atoms with E-state index in [1.807, 2.05) is 16.5 Å². The molecule has 0 spiro atoms. The second kappa shape index (κ2) is 9.07. The average molecular weight is 481 g/mol. The van der Waals surface area contributed by atoms with Gasteiger partial charge in [-0.15, -0.1) is 11.3 Å². The van der Waals surface area contributed by atoms with Crippen LogP contribution in [0.4, 0.5) is 10.8 Å². The van der Waals surface area contributed by atoms with Crippen LogP contribution in [-0.2, 0) is 12.8 Å². The van der Waals surface area contributed by atoms with E-state index in [-0.39, 0.29) is 16.7 Å². The van der Waals surface area contributed by atoms with Crippen molar-refractivity contribution in [3.05, 3.63) is 111 Å². The molecule has 4 aromatic rings.